The maximum absolute atomic E-state index is 12.0. The third-order valence-electron chi connectivity index (χ3n) is 3.24. The van der Waals surface area contributed by atoms with Gasteiger partial charge in [0, 0.05) is 18.6 Å². The lowest BCUT2D eigenvalue weighted by molar-refractivity contribution is -0.148. The highest BCUT2D eigenvalue weighted by molar-refractivity contribution is 7.13. The van der Waals surface area contributed by atoms with Gasteiger partial charge in [0.25, 0.3) is 0 Å². The topological polar surface area (TPSA) is 55.3 Å². The molecule has 0 saturated carbocycles. The van der Waals surface area contributed by atoms with E-state index in [0.717, 1.165) is 16.5 Å². The molecule has 0 aromatic carbocycles. The number of aromatic nitrogens is 2. The van der Waals surface area contributed by atoms with Crippen LogP contribution in [-0.2, 0) is 14.9 Å². The second-order valence-electron chi connectivity index (χ2n) is 5.13. The van der Waals surface area contributed by atoms with Gasteiger partial charge < -0.3 is 9.64 Å². The molecule has 2 aromatic heterocycles. The Bertz CT molecular complexity index is 610. The molecular weight excluding hydrogens is 286 g/mol. The van der Waals surface area contributed by atoms with E-state index in [4.69, 9.17) is 4.74 Å². The Kier molecular flexibility index (Phi) is 4.57. The smallest absolute Gasteiger partial charge is 0.317 e. The number of pyridine rings is 1. The zero-order valence-corrected chi connectivity index (χ0v) is 13.5. The monoisotopic (exact) mass is 305 g/mol. The lowest BCUT2D eigenvalue weighted by atomic mass is 9.90. The highest BCUT2D eigenvalue weighted by atomic mass is 32.1. The number of esters is 1. The minimum atomic E-state index is -0.749. The van der Waals surface area contributed by atoms with Gasteiger partial charge in [-0.1, -0.05) is 0 Å². The molecule has 0 atom stereocenters. The number of nitrogens with zero attached hydrogens (tertiary/aromatic N) is 3. The SMILES string of the molecule is CCOC(=O)C(C)(C)c1csc(N(C)c2cccnc2)n1. The van der Waals surface area contributed by atoms with Crippen molar-refractivity contribution >= 4 is 28.1 Å². The summed E-state index contributed by atoms with van der Waals surface area (Å²) < 4.78 is 5.12. The van der Waals surface area contributed by atoms with Gasteiger partial charge in [-0.3, -0.25) is 9.78 Å². The van der Waals surface area contributed by atoms with Crippen LogP contribution in [0.4, 0.5) is 10.8 Å². The minimum absolute atomic E-state index is 0.258. The molecule has 0 bridgehead atoms. The number of anilines is 2. The van der Waals surface area contributed by atoms with Crippen LogP contribution in [0.25, 0.3) is 0 Å². The van der Waals surface area contributed by atoms with Crippen molar-refractivity contribution < 1.29 is 9.53 Å². The predicted octanol–water partition coefficient (Wildman–Crippen LogP) is 3.15. The van der Waals surface area contributed by atoms with E-state index in [1.807, 2.05) is 43.3 Å². The lowest BCUT2D eigenvalue weighted by Gasteiger charge is -2.20. The molecular formula is C15H19N3O2S. The van der Waals surface area contributed by atoms with Gasteiger partial charge in [-0.2, -0.15) is 0 Å². The van der Waals surface area contributed by atoms with E-state index in [1.165, 1.54) is 11.3 Å². The average Bonchev–Trinajstić information content (AvgIpc) is 2.98. The molecule has 0 aliphatic carbocycles. The van der Waals surface area contributed by atoms with E-state index in [-0.39, 0.29) is 5.97 Å². The minimum Gasteiger partial charge on any atom is -0.465 e. The molecule has 0 aliphatic heterocycles. The standard InChI is InChI=1S/C15H19N3O2S/c1-5-20-13(19)15(2,3)12-10-21-14(17-12)18(4)11-7-6-8-16-9-11/h6-10H,5H2,1-4H3. The number of hydrogen-bond donors (Lipinski definition) is 0. The van der Waals surface area contributed by atoms with Gasteiger partial charge in [0.15, 0.2) is 5.13 Å². The maximum atomic E-state index is 12.0. The van der Waals surface area contributed by atoms with Crippen molar-refractivity contribution in [1.29, 1.82) is 0 Å². The van der Waals surface area contributed by atoms with Crippen LogP contribution in [0.2, 0.25) is 0 Å². The molecule has 2 aromatic rings. The predicted molar refractivity (Wildman–Crippen MR) is 84.1 cm³/mol. The molecule has 0 fully saturated rings. The van der Waals surface area contributed by atoms with Crippen molar-refractivity contribution in [3.05, 3.63) is 35.6 Å². The molecule has 0 spiro atoms. The van der Waals surface area contributed by atoms with Crippen molar-refractivity contribution in [3.8, 4) is 0 Å². The molecule has 0 radical (unpaired) electrons. The van der Waals surface area contributed by atoms with Crippen molar-refractivity contribution in [2.75, 3.05) is 18.6 Å². The number of carbonyl (C=O) groups excluding carboxylic acids is 1. The Hall–Kier alpha value is -1.95. The molecule has 5 nitrogen and oxygen atoms in total. The zero-order valence-electron chi connectivity index (χ0n) is 12.7. The first kappa shape index (κ1) is 15.4. The average molecular weight is 305 g/mol. The normalized spacial score (nSPS) is 11.2. The number of thiazole rings is 1. The van der Waals surface area contributed by atoms with Gasteiger partial charge in [0.05, 0.1) is 24.2 Å². The van der Waals surface area contributed by atoms with Gasteiger partial charge in [-0.15, -0.1) is 11.3 Å². The second kappa shape index (κ2) is 6.22. The van der Waals surface area contributed by atoms with E-state index in [0.29, 0.717) is 6.61 Å². The Labute approximate surface area is 128 Å². The van der Waals surface area contributed by atoms with Crippen LogP contribution >= 0.6 is 11.3 Å². The highest BCUT2D eigenvalue weighted by Gasteiger charge is 2.34. The van der Waals surface area contributed by atoms with Crippen LogP contribution in [0, 0.1) is 0 Å². The van der Waals surface area contributed by atoms with Crippen LogP contribution in [0.5, 0.6) is 0 Å². The molecule has 2 rings (SSSR count). The molecule has 2 heterocycles. The lowest BCUT2D eigenvalue weighted by Crippen LogP contribution is -2.31. The molecule has 0 N–H and O–H groups in total. The molecule has 21 heavy (non-hydrogen) atoms. The summed E-state index contributed by atoms with van der Waals surface area (Å²) in [4.78, 5) is 22.7. The molecule has 0 unspecified atom stereocenters. The zero-order chi connectivity index (χ0) is 15.5. The van der Waals surface area contributed by atoms with Crippen LogP contribution in [0.1, 0.15) is 26.5 Å². The summed E-state index contributed by atoms with van der Waals surface area (Å²) in [7, 11) is 1.93. The Morgan fingerprint density at radius 3 is 2.86 bits per heavy atom. The highest BCUT2D eigenvalue weighted by Crippen LogP contribution is 2.32. The fourth-order valence-corrected chi connectivity index (χ4v) is 2.76. The Morgan fingerprint density at radius 1 is 1.48 bits per heavy atom. The maximum Gasteiger partial charge on any atom is 0.317 e. The summed E-state index contributed by atoms with van der Waals surface area (Å²) in [5.74, 6) is -0.258. The summed E-state index contributed by atoms with van der Waals surface area (Å²) >= 11 is 1.49. The molecule has 6 heteroatoms. The summed E-state index contributed by atoms with van der Waals surface area (Å²) in [5, 5.41) is 2.72. The first-order chi connectivity index (χ1) is 9.96. The van der Waals surface area contributed by atoms with E-state index in [9.17, 15) is 4.79 Å². The third kappa shape index (κ3) is 3.21. The summed E-state index contributed by atoms with van der Waals surface area (Å²) in [5.41, 5.74) is 0.921. The van der Waals surface area contributed by atoms with Gasteiger partial charge in [-0.25, -0.2) is 4.98 Å². The van der Waals surface area contributed by atoms with Crippen LogP contribution in [0.3, 0.4) is 0 Å². The summed E-state index contributed by atoms with van der Waals surface area (Å²) in [6, 6.07) is 3.84. The van der Waals surface area contributed by atoms with Crippen LogP contribution < -0.4 is 4.90 Å². The van der Waals surface area contributed by atoms with E-state index >= 15 is 0 Å². The molecule has 0 amide bonds. The Morgan fingerprint density at radius 2 is 2.24 bits per heavy atom. The van der Waals surface area contributed by atoms with Crippen molar-refractivity contribution in [1.82, 2.24) is 9.97 Å². The third-order valence-corrected chi connectivity index (χ3v) is 4.16. The van der Waals surface area contributed by atoms with Crippen molar-refractivity contribution in [2.45, 2.75) is 26.2 Å². The van der Waals surface area contributed by atoms with E-state index in [2.05, 4.69) is 9.97 Å². The molecule has 0 aliphatic rings. The number of rotatable bonds is 5. The van der Waals surface area contributed by atoms with Crippen molar-refractivity contribution in [2.24, 2.45) is 0 Å². The van der Waals surface area contributed by atoms with Gasteiger partial charge >= 0.3 is 5.97 Å². The largest absolute Gasteiger partial charge is 0.465 e. The van der Waals surface area contributed by atoms with Gasteiger partial charge in [0.1, 0.15) is 5.41 Å². The number of hydrogen-bond acceptors (Lipinski definition) is 6. The second-order valence-corrected chi connectivity index (χ2v) is 5.97. The molecule has 0 saturated heterocycles. The van der Waals surface area contributed by atoms with Crippen LogP contribution in [-0.4, -0.2) is 29.6 Å². The van der Waals surface area contributed by atoms with Crippen molar-refractivity contribution in [3.63, 3.8) is 0 Å². The van der Waals surface area contributed by atoms with Gasteiger partial charge in [0.2, 0.25) is 0 Å². The quantitative estimate of drug-likeness (QED) is 0.794. The summed E-state index contributed by atoms with van der Waals surface area (Å²) in [6.45, 7) is 5.83. The van der Waals surface area contributed by atoms with Gasteiger partial charge in [-0.05, 0) is 32.9 Å². The fraction of sp³-hybridized carbons (Fsp3) is 0.400. The fourth-order valence-electron chi connectivity index (χ4n) is 1.78. The molecule has 112 valence electrons. The summed E-state index contributed by atoms with van der Waals surface area (Å²) in [6.07, 6.45) is 3.51. The van der Waals surface area contributed by atoms with E-state index in [1.54, 1.807) is 19.3 Å². The van der Waals surface area contributed by atoms with Crippen LogP contribution in [0.15, 0.2) is 29.9 Å². The number of ether oxygens (including phenoxy) is 1. The Balaban J connectivity index is 2.24. The first-order valence-corrected chi connectivity index (χ1v) is 7.61. The first-order valence-electron chi connectivity index (χ1n) is 6.73. The number of carbonyl (C=O) groups is 1. The van der Waals surface area contributed by atoms with E-state index < -0.39 is 5.41 Å².